The van der Waals surface area contributed by atoms with Crippen molar-refractivity contribution in [2.75, 3.05) is 5.73 Å². The summed E-state index contributed by atoms with van der Waals surface area (Å²) in [5.74, 6) is 0.368. The molecule has 11 heteroatoms. The van der Waals surface area contributed by atoms with Crippen LogP contribution in [0, 0.1) is 0 Å². The number of aromatic nitrogens is 8. The summed E-state index contributed by atoms with van der Waals surface area (Å²) in [6.07, 6.45) is 4.88. The Hall–Kier alpha value is -4.80. The van der Waals surface area contributed by atoms with Crippen LogP contribution in [0.1, 0.15) is 11.3 Å². The minimum Gasteiger partial charge on any atom is -0.384 e. The number of anilines is 1. The maximum absolute atomic E-state index is 13.4. The largest absolute Gasteiger partial charge is 0.384 e. The van der Waals surface area contributed by atoms with Crippen LogP contribution in [0.4, 0.5) is 5.82 Å². The van der Waals surface area contributed by atoms with Gasteiger partial charge in [-0.2, -0.15) is 15.3 Å². The fourth-order valence-electron chi connectivity index (χ4n) is 4.39. The van der Waals surface area contributed by atoms with Gasteiger partial charge in [0.25, 0.3) is 11.1 Å². The van der Waals surface area contributed by atoms with Gasteiger partial charge in [-0.3, -0.25) is 14.7 Å². The highest BCUT2D eigenvalue weighted by Crippen LogP contribution is 2.22. The molecule has 34 heavy (non-hydrogen) atoms. The monoisotopic (exact) mass is 453 g/mol. The number of benzene rings is 1. The second kappa shape index (κ2) is 7.37. The van der Waals surface area contributed by atoms with Crippen molar-refractivity contribution < 1.29 is 0 Å². The third-order valence-corrected chi connectivity index (χ3v) is 6.04. The Morgan fingerprint density at radius 2 is 1.71 bits per heavy atom. The Balaban J connectivity index is 1.49. The van der Waals surface area contributed by atoms with E-state index in [0.29, 0.717) is 33.3 Å². The van der Waals surface area contributed by atoms with Crippen LogP contribution in [0.25, 0.3) is 32.7 Å². The molecule has 0 radical (unpaired) electrons. The van der Waals surface area contributed by atoms with Gasteiger partial charge in [0.05, 0.1) is 53.8 Å². The van der Waals surface area contributed by atoms with Crippen LogP contribution in [0.5, 0.6) is 0 Å². The first-order valence-corrected chi connectivity index (χ1v) is 10.6. The molecule has 0 aliphatic rings. The highest BCUT2D eigenvalue weighted by molar-refractivity contribution is 6.06. The lowest BCUT2D eigenvalue weighted by Crippen LogP contribution is -2.25. The molecule has 0 unspecified atom stereocenters. The summed E-state index contributed by atoms with van der Waals surface area (Å²) in [4.78, 5) is 31.0. The van der Waals surface area contributed by atoms with E-state index in [1.54, 1.807) is 48.4 Å². The standard InChI is InChI=1S/C23H19N9O2/c1-30-18-10-27-32(12-14-5-3-7-19(24)28-14)22(33)20(18)16-9-26-31(23(34)21(16)30)11-13-4-2-6-17-15(13)8-25-29-17/h2-10H,11-12H2,1H3,(H2,24,28)(H,25,29). The Labute approximate surface area is 191 Å². The average Bonchev–Trinajstić information content (AvgIpc) is 3.42. The van der Waals surface area contributed by atoms with E-state index in [1.807, 2.05) is 18.2 Å². The number of nitrogens with one attached hydrogen (secondary N) is 1. The fourth-order valence-corrected chi connectivity index (χ4v) is 4.39. The van der Waals surface area contributed by atoms with E-state index >= 15 is 0 Å². The molecule has 5 aromatic heterocycles. The number of nitrogen functional groups attached to an aromatic ring is 1. The van der Waals surface area contributed by atoms with Gasteiger partial charge in [-0.15, -0.1) is 0 Å². The summed E-state index contributed by atoms with van der Waals surface area (Å²) in [5, 5.41) is 17.5. The Kier molecular flexibility index (Phi) is 4.30. The lowest BCUT2D eigenvalue weighted by Gasteiger charge is -2.06. The molecule has 6 rings (SSSR count). The second-order valence-electron chi connectivity index (χ2n) is 8.10. The van der Waals surface area contributed by atoms with Crippen molar-refractivity contribution >= 4 is 38.5 Å². The third kappa shape index (κ3) is 2.98. The van der Waals surface area contributed by atoms with Crippen molar-refractivity contribution in [3.05, 3.63) is 87.0 Å². The molecular weight excluding hydrogens is 434 g/mol. The average molecular weight is 453 g/mol. The number of nitrogens with two attached hydrogens (primary N) is 1. The summed E-state index contributed by atoms with van der Waals surface area (Å²) in [6.45, 7) is 0.437. The van der Waals surface area contributed by atoms with Crippen molar-refractivity contribution in [1.82, 2.24) is 39.3 Å². The molecule has 0 saturated carbocycles. The number of rotatable bonds is 4. The van der Waals surface area contributed by atoms with Gasteiger partial charge in [0, 0.05) is 17.8 Å². The number of aryl methyl sites for hydroxylation is 1. The normalized spacial score (nSPS) is 11.7. The first-order valence-electron chi connectivity index (χ1n) is 10.6. The number of nitrogens with zero attached hydrogens (tertiary/aromatic N) is 7. The molecule has 0 atom stereocenters. The molecule has 0 fully saturated rings. The van der Waals surface area contributed by atoms with Gasteiger partial charge in [0.15, 0.2) is 0 Å². The molecule has 0 amide bonds. The SMILES string of the molecule is Cn1c2cnn(Cc3cccc(N)n3)c(=O)c2c2cnn(Cc3cccc4[nH]ncc34)c(=O)c21. The van der Waals surface area contributed by atoms with Crippen molar-refractivity contribution in [1.29, 1.82) is 0 Å². The number of hydrogen-bond acceptors (Lipinski definition) is 7. The molecular formula is C23H19N9O2. The summed E-state index contributed by atoms with van der Waals surface area (Å²) < 4.78 is 4.40. The Bertz CT molecular complexity index is 1840. The predicted octanol–water partition coefficient (Wildman–Crippen LogP) is 1.39. The van der Waals surface area contributed by atoms with Gasteiger partial charge >= 0.3 is 0 Å². The van der Waals surface area contributed by atoms with Gasteiger partial charge in [0.2, 0.25) is 0 Å². The number of H-pyrrole nitrogens is 1. The predicted molar refractivity (Wildman–Crippen MR) is 127 cm³/mol. The first kappa shape index (κ1) is 19.9. The van der Waals surface area contributed by atoms with Gasteiger partial charge in [-0.05, 0) is 23.8 Å². The van der Waals surface area contributed by atoms with Crippen LogP contribution >= 0.6 is 0 Å². The van der Waals surface area contributed by atoms with E-state index in [1.165, 1.54) is 9.36 Å². The minimum atomic E-state index is -0.325. The zero-order valence-corrected chi connectivity index (χ0v) is 18.1. The lowest BCUT2D eigenvalue weighted by atomic mass is 10.1. The third-order valence-electron chi connectivity index (χ3n) is 6.04. The van der Waals surface area contributed by atoms with Crippen molar-refractivity contribution in [3.8, 4) is 0 Å². The molecule has 168 valence electrons. The van der Waals surface area contributed by atoms with Gasteiger partial charge in [-0.1, -0.05) is 18.2 Å². The maximum Gasteiger partial charge on any atom is 0.291 e. The highest BCUT2D eigenvalue weighted by Gasteiger charge is 2.19. The smallest absolute Gasteiger partial charge is 0.291 e. The van der Waals surface area contributed by atoms with E-state index in [-0.39, 0.29) is 24.2 Å². The first-order chi connectivity index (χ1) is 16.5. The molecule has 0 saturated heterocycles. The quantitative estimate of drug-likeness (QED) is 0.411. The molecule has 6 aromatic rings. The molecule has 0 spiro atoms. The van der Waals surface area contributed by atoms with Gasteiger partial charge in [0.1, 0.15) is 11.3 Å². The number of hydrogen-bond donors (Lipinski definition) is 2. The summed E-state index contributed by atoms with van der Waals surface area (Å²) in [7, 11) is 1.75. The highest BCUT2D eigenvalue weighted by atomic mass is 16.1. The van der Waals surface area contributed by atoms with Crippen molar-refractivity contribution in [2.45, 2.75) is 13.1 Å². The van der Waals surface area contributed by atoms with Crippen LogP contribution in [0.3, 0.4) is 0 Å². The molecule has 1 aromatic carbocycles. The van der Waals surface area contributed by atoms with E-state index in [2.05, 4.69) is 25.4 Å². The van der Waals surface area contributed by atoms with Gasteiger partial charge < -0.3 is 10.3 Å². The minimum absolute atomic E-state index is 0.162. The van der Waals surface area contributed by atoms with E-state index in [9.17, 15) is 9.59 Å². The maximum atomic E-state index is 13.4. The fraction of sp³-hybridized carbons (Fsp3) is 0.130. The number of fused-ring (bicyclic) bond motifs is 4. The molecule has 0 bridgehead atoms. The second-order valence-corrected chi connectivity index (χ2v) is 8.10. The molecule has 3 N–H and O–H groups in total. The molecule has 11 nitrogen and oxygen atoms in total. The van der Waals surface area contributed by atoms with Crippen LogP contribution < -0.4 is 16.9 Å². The Morgan fingerprint density at radius 1 is 0.912 bits per heavy atom. The van der Waals surface area contributed by atoms with Crippen LogP contribution in [-0.2, 0) is 20.1 Å². The summed E-state index contributed by atoms with van der Waals surface area (Å²) >= 11 is 0. The Morgan fingerprint density at radius 3 is 2.56 bits per heavy atom. The van der Waals surface area contributed by atoms with Crippen molar-refractivity contribution in [3.63, 3.8) is 0 Å². The van der Waals surface area contributed by atoms with Crippen LogP contribution in [0.2, 0.25) is 0 Å². The number of pyridine rings is 1. The van der Waals surface area contributed by atoms with Crippen molar-refractivity contribution in [2.24, 2.45) is 7.05 Å². The zero-order chi connectivity index (χ0) is 23.4. The molecule has 0 aliphatic heterocycles. The summed E-state index contributed by atoms with van der Waals surface area (Å²) in [6, 6.07) is 11.0. The van der Waals surface area contributed by atoms with E-state index in [0.717, 1.165) is 16.5 Å². The molecule has 5 heterocycles. The van der Waals surface area contributed by atoms with Crippen LogP contribution in [0.15, 0.2) is 64.6 Å². The van der Waals surface area contributed by atoms with Crippen LogP contribution in [-0.4, -0.2) is 39.3 Å². The summed E-state index contributed by atoms with van der Waals surface area (Å²) in [5.41, 5.74) is 8.51. The number of aromatic amines is 1. The van der Waals surface area contributed by atoms with E-state index < -0.39 is 0 Å². The zero-order valence-electron chi connectivity index (χ0n) is 18.1. The van der Waals surface area contributed by atoms with Gasteiger partial charge in [-0.25, -0.2) is 14.3 Å². The lowest BCUT2D eigenvalue weighted by molar-refractivity contribution is 0.635. The van der Waals surface area contributed by atoms with E-state index in [4.69, 9.17) is 5.73 Å². The molecule has 0 aliphatic carbocycles. The topological polar surface area (TPSA) is 142 Å².